The minimum absolute atomic E-state index is 0.258. The zero-order valence-electron chi connectivity index (χ0n) is 11.1. The fourth-order valence-electron chi connectivity index (χ4n) is 2.19. The number of morpholine rings is 1. The first-order chi connectivity index (χ1) is 9.27. The highest BCUT2D eigenvalue weighted by Crippen LogP contribution is 2.24. The normalized spacial score (nSPS) is 16.7. The molecule has 1 saturated heterocycles. The minimum Gasteiger partial charge on any atom is -0.508 e. The molecule has 1 aliphatic heterocycles. The number of hydrogen-bond acceptors (Lipinski definition) is 4. The van der Waals surface area contributed by atoms with Gasteiger partial charge in [-0.15, -0.1) is 0 Å². The molecule has 0 aromatic heterocycles. The highest BCUT2D eigenvalue weighted by molar-refractivity contribution is 6.31. The number of phenols is 1. The van der Waals surface area contributed by atoms with Crippen LogP contribution in [0.1, 0.15) is 12.0 Å². The summed E-state index contributed by atoms with van der Waals surface area (Å²) >= 11 is 6.04. The van der Waals surface area contributed by atoms with E-state index in [2.05, 4.69) is 10.2 Å². The van der Waals surface area contributed by atoms with Gasteiger partial charge >= 0.3 is 0 Å². The molecule has 0 amide bonds. The summed E-state index contributed by atoms with van der Waals surface area (Å²) in [5.74, 6) is 0.258. The molecule has 0 atom stereocenters. The molecule has 2 N–H and O–H groups in total. The van der Waals surface area contributed by atoms with Gasteiger partial charge in [0.15, 0.2) is 0 Å². The Kier molecular flexibility index (Phi) is 5.92. The lowest BCUT2D eigenvalue weighted by Crippen LogP contribution is -2.37. The van der Waals surface area contributed by atoms with E-state index in [4.69, 9.17) is 16.3 Å². The number of benzene rings is 1. The van der Waals surface area contributed by atoms with Gasteiger partial charge in [0.1, 0.15) is 5.75 Å². The van der Waals surface area contributed by atoms with Crippen LogP contribution in [0.25, 0.3) is 0 Å². The summed E-state index contributed by atoms with van der Waals surface area (Å²) in [6.45, 7) is 6.37. The Morgan fingerprint density at radius 2 is 2.11 bits per heavy atom. The molecule has 4 nitrogen and oxygen atoms in total. The van der Waals surface area contributed by atoms with Crippen molar-refractivity contribution in [3.05, 3.63) is 28.8 Å². The maximum Gasteiger partial charge on any atom is 0.121 e. The number of phenolic OH excluding ortho intramolecular Hbond substituents is 1. The van der Waals surface area contributed by atoms with Crippen molar-refractivity contribution >= 4 is 11.6 Å². The summed E-state index contributed by atoms with van der Waals surface area (Å²) in [7, 11) is 0. The van der Waals surface area contributed by atoms with Gasteiger partial charge in [-0.25, -0.2) is 0 Å². The van der Waals surface area contributed by atoms with E-state index in [0.717, 1.165) is 51.4 Å². The van der Waals surface area contributed by atoms with Crippen LogP contribution in [0.15, 0.2) is 18.2 Å². The molecule has 0 saturated carbocycles. The van der Waals surface area contributed by atoms with Gasteiger partial charge in [0.05, 0.1) is 13.2 Å². The number of ether oxygens (including phenoxy) is 1. The maximum absolute atomic E-state index is 9.71. The standard InChI is InChI=1S/C14H21ClN2O2/c15-13-3-1-4-14(18)12(13)11-16-5-2-6-17-7-9-19-10-8-17/h1,3-4,16,18H,2,5-11H2. The third-order valence-electron chi connectivity index (χ3n) is 3.33. The van der Waals surface area contributed by atoms with Crippen LogP contribution < -0.4 is 5.32 Å². The van der Waals surface area contributed by atoms with E-state index >= 15 is 0 Å². The van der Waals surface area contributed by atoms with Crippen LogP contribution in [0.5, 0.6) is 5.75 Å². The van der Waals surface area contributed by atoms with Gasteiger partial charge in [0, 0.05) is 30.2 Å². The first kappa shape index (κ1) is 14.6. The van der Waals surface area contributed by atoms with Crippen molar-refractivity contribution in [1.29, 1.82) is 0 Å². The second-order valence-corrected chi connectivity index (χ2v) is 5.13. The Morgan fingerprint density at radius 3 is 2.84 bits per heavy atom. The van der Waals surface area contributed by atoms with E-state index in [0.29, 0.717) is 11.6 Å². The first-order valence-corrected chi connectivity index (χ1v) is 7.12. The van der Waals surface area contributed by atoms with E-state index in [1.54, 1.807) is 18.2 Å². The summed E-state index contributed by atoms with van der Waals surface area (Å²) in [5, 5.41) is 13.6. The van der Waals surface area contributed by atoms with E-state index in [1.807, 2.05) is 0 Å². The fourth-order valence-corrected chi connectivity index (χ4v) is 2.42. The smallest absolute Gasteiger partial charge is 0.121 e. The van der Waals surface area contributed by atoms with Crippen molar-refractivity contribution in [2.75, 3.05) is 39.4 Å². The number of halogens is 1. The molecule has 1 heterocycles. The van der Waals surface area contributed by atoms with Gasteiger partial charge in [0.2, 0.25) is 0 Å². The molecule has 1 aromatic carbocycles. The summed E-state index contributed by atoms with van der Waals surface area (Å²) < 4.78 is 5.31. The molecular weight excluding hydrogens is 264 g/mol. The van der Waals surface area contributed by atoms with Crippen molar-refractivity contribution in [3.63, 3.8) is 0 Å². The van der Waals surface area contributed by atoms with Crippen LogP contribution in [-0.4, -0.2) is 49.4 Å². The molecule has 0 aliphatic carbocycles. The monoisotopic (exact) mass is 284 g/mol. The average Bonchev–Trinajstić information content (AvgIpc) is 2.42. The molecule has 0 radical (unpaired) electrons. The zero-order chi connectivity index (χ0) is 13.5. The number of nitrogens with one attached hydrogen (secondary N) is 1. The second kappa shape index (κ2) is 7.70. The van der Waals surface area contributed by atoms with Crippen molar-refractivity contribution < 1.29 is 9.84 Å². The van der Waals surface area contributed by atoms with Crippen molar-refractivity contribution in [3.8, 4) is 5.75 Å². The molecule has 19 heavy (non-hydrogen) atoms. The molecule has 106 valence electrons. The molecular formula is C14H21ClN2O2. The van der Waals surface area contributed by atoms with E-state index < -0.39 is 0 Å². The van der Waals surface area contributed by atoms with E-state index in [-0.39, 0.29) is 5.75 Å². The quantitative estimate of drug-likeness (QED) is 0.783. The number of hydrogen-bond donors (Lipinski definition) is 2. The lowest BCUT2D eigenvalue weighted by Gasteiger charge is -2.26. The highest BCUT2D eigenvalue weighted by Gasteiger charge is 2.09. The van der Waals surface area contributed by atoms with Crippen LogP contribution in [0, 0.1) is 0 Å². The van der Waals surface area contributed by atoms with Crippen molar-refractivity contribution in [1.82, 2.24) is 10.2 Å². The maximum atomic E-state index is 9.71. The van der Waals surface area contributed by atoms with Crippen molar-refractivity contribution in [2.45, 2.75) is 13.0 Å². The average molecular weight is 285 g/mol. The number of aromatic hydroxyl groups is 1. The number of rotatable bonds is 6. The van der Waals surface area contributed by atoms with E-state index in [9.17, 15) is 5.11 Å². The fraction of sp³-hybridized carbons (Fsp3) is 0.571. The number of nitrogens with zero attached hydrogens (tertiary/aromatic N) is 1. The molecule has 1 aliphatic rings. The summed E-state index contributed by atoms with van der Waals surface area (Å²) in [4.78, 5) is 2.41. The third kappa shape index (κ3) is 4.66. The van der Waals surface area contributed by atoms with Gasteiger partial charge in [-0.1, -0.05) is 17.7 Å². The van der Waals surface area contributed by atoms with Crippen LogP contribution in [0.3, 0.4) is 0 Å². The summed E-state index contributed by atoms with van der Waals surface area (Å²) in [5.41, 5.74) is 0.774. The minimum atomic E-state index is 0.258. The first-order valence-electron chi connectivity index (χ1n) is 6.74. The topological polar surface area (TPSA) is 44.7 Å². The van der Waals surface area contributed by atoms with Crippen LogP contribution in [0.4, 0.5) is 0 Å². The van der Waals surface area contributed by atoms with E-state index in [1.165, 1.54) is 0 Å². The van der Waals surface area contributed by atoms with Gasteiger partial charge in [-0.05, 0) is 31.6 Å². The van der Waals surface area contributed by atoms with Gasteiger partial charge in [0.25, 0.3) is 0 Å². The zero-order valence-corrected chi connectivity index (χ0v) is 11.8. The molecule has 1 aromatic rings. The van der Waals surface area contributed by atoms with Gasteiger partial charge in [-0.2, -0.15) is 0 Å². The predicted octanol–water partition coefficient (Wildman–Crippen LogP) is 1.86. The third-order valence-corrected chi connectivity index (χ3v) is 3.68. The van der Waals surface area contributed by atoms with Gasteiger partial charge < -0.3 is 15.2 Å². The summed E-state index contributed by atoms with van der Waals surface area (Å²) in [6.07, 6.45) is 1.09. The Hall–Kier alpha value is -0.810. The highest BCUT2D eigenvalue weighted by atomic mass is 35.5. The molecule has 5 heteroatoms. The molecule has 0 bridgehead atoms. The van der Waals surface area contributed by atoms with Crippen LogP contribution in [-0.2, 0) is 11.3 Å². The molecule has 1 fully saturated rings. The van der Waals surface area contributed by atoms with Crippen LogP contribution >= 0.6 is 11.6 Å². The Labute approximate surface area is 119 Å². The predicted molar refractivity (Wildman–Crippen MR) is 76.7 cm³/mol. The Morgan fingerprint density at radius 1 is 1.32 bits per heavy atom. The van der Waals surface area contributed by atoms with Crippen molar-refractivity contribution in [2.24, 2.45) is 0 Å². The summed E-state index contributed by atoms with van der Waals surface area (Å²) in [6, 6.07) is 5.21. The Balaban J connectivity index is 1.63. The lowest BCUT2D eigenvalue weighted by molar-refractivity contribution is 0.0374. The molecule has 0 spiro atoms. The Bertz CT molecular complexity index is 375. The second-order valence-electron chi connectivity index (χ2n) is 4.72. The van der Waals surface area contributed by atoms with Crippen LogP contribution in [0.2, 0.25) is 5.02 Å². The molecule has 0 unspecified atom stereocenters. The largest absolute Gasteiger partial charge is 0.508 e. The van der Waals surface area contributed by atoms with Gasteiger partial charge in [-0.3, -0.25) is 4.90 Å². The lowest BCUT2D eigenvalue weighted by atomic mass is 10.2. The molecule has 2 rings (SSSR count). The SMILES string of the molecule is Oc1cccc(Cl)c1CNCCCN1CCOCC1.